The number of aromatic nitrogens is 1. The van der Waals surface area contributed by atoms with E-state index in [-0.39, 0.29) is 11.5 Å². The zero-order chi connectivity index (χ0) is 13.7. The van der Waals surface area contributed by atoms with Gasteiger partial charge < -0.3 is 0 Å². The van der Waals surface area contributed by atoms with Crippen molar-refractivity contribution in [1.29, 1.82) is 0 Å². The number of nitrogens with zero attached hydrogens (tertiary/aromatic N) is 2. The number of nitro groups is 1. The van der Waals surface area contributed by atoms with E-state index >= 15 is 0 Å². The molecule has 94 valence electrons. The van der Waals surface area contributed by atoms with E-state index in [1.807, 2.05) is 0 Å². The summed E-state index contributed by atoms with van der Waals surface area (Å²) in [5.74, 6) is -0.277. The third-order valence-electron chi connectivity index (χ3n) is 2.47. The Labute approximate surface area is 109 Å². The maximum absolute atomic E-state index is 11.9. The topological polar surface area (TPSA) is 73.1 Å². The normalized spacial score (nSPS) is 10.5. The van der Waals surface area contributed by atoms with Crippen molar-refractivity contribution in [3.8, 4) is 0 Å². The van der Waals surface area contributed by atoms with Crippen LogP contribution >= 0.6 is 0 Å². The maximum Gasteiger partial charge on any atom is 0.270 e. The number of pyridine rings is 1. The molecule has 1 heterocycles. The van der Waals surface area contributed by atoms with Gasteiger partial charge in [0.05, 0.1) is 4.92 Å². The molecule has 5 nitrogen and oxygen atoms in total. The standard InChI is InChI=1S/C14H10N2O3/c17-14(5-4-11-6-8-15-9-7-11)12-2-1-3-13(10-12)16(18)19/h1-10H. The molecule has 0 atom stereocenters. The van der Waals surface area contributed by atoms with Gasteiger partial charge in [0, 0.05) is 30.1 Å². The number of carbonyl (C=O) groups excluding carboxylic acids is 1. The summed E-state index contributed by atoms with van der Waals surface area (Å²) in [5.41, 5.74) is 1.04. The molecule has 0 N–H and O–H groups in total. The molecule has 19 heavy (non-hydrogen) atoms. The summed E-state index contributed by atoms with van der Waals surface area (Å²) in [6.07, 6.45) is 6.27. The molecular formula is C14H10N2O3. The van der Waals surface area contributed by atoms with Crippen LogP contribution in [-0.2, 0) is 0 Å². The Balaban J connectivity index is 2.18. The van der Waals surface area contributed by atoms with E-state index in [0.717, 1.165) is 5.56 Å². The first-order valence-corrected chi connectivity index (χ1v) is 5.54. The summed E-state index contributed by atoms with van der Waals surface area (Å²) in [5, 5.41) is 10.6. The summed E-state index contributed by atoms with van der Waals surface area (Å²) in [7, 11) is 0. The van der Waals surface area contributed by atoms with Crippen LogP contribution in [0.4, 0.5) is 5.69 Å². The van der Waals surface area contributed by atoms with Crippen molar-refractivity contribution >= 4 is 17.5 Å². The molecule has 0 saturated heterocycles. The largest absolute Gasteiger partial charge is 0.289 e. The second kappa shape index (κ2) is 5.68. The van der Waals surface area contributed by atoms with Gasteiger partial charge >= 0.3 is 0 Å². The number of carbonyl (C=O) groups is 1. The van der Waals surface area contributed by atoms with Crippen LogP contribution in [0.2, 0.25) is 0 Å². The van der Waals surface area contributed by atoms with E-state index in [1.54, 1.807) is 36.7 Å². The minimum absolute atomic E-state index is 0.0943. The van der Waals surface area contributed by atoms with Crippen LogP contribution in [0.1, 0.15) is 15.9 Å². The van der Waals surface area contributed by atoms with Gasteiger partial charge in [0.15, 0.2) is 5.78 Å². The Kier molecular flexibility index (Phi) is 3.78. The summed E-state index contributed by atoms with van der Waals surface area (Å²) in [4.78, 5) is 25.8. The van der Waals surface area contributed by atoms with Crippen molar-refractivity contribution in [3.05, 3.63) is 76.1 Å². The highest BCUT2D eigenvalue weighted by molar-refractivity contribution is 6.07. The fourth-order valence-electron chi connectivity index (χ4n) is 1.52. The average Bonchev–Trinajstić information content (AvgIpc) is 2.46. The minimum atomic E-state index is -0.524. The van der Waals surface area contributed by atoms with Crippen molar-refractivity contribution in [1.82, 2.24) is 4.98 Å². The van der Waals surface area contributed by atoms with E-state index in [0.29, 0.717) is 5.56 Å². The van der Waals surface area contributed by atoms with Gasteiger partial charge in [0.25, 0.3) is 5.69 Å². The Morgan fingerprint density at radius 3 is 2.63 bits per heavy atom. The third-order valence-corrected chi connectivity index (χ3v) is 2.47. The van der Waals surface area contributed by atoms with Gasteiger partial charge in [-0.3, -0.25) is 19.9 Å². The number of nitro benzene ring substituents is 1. The second-order valence-electron chi connectivity index (χ2n) is 3.79. The highest BCUT2D eigenvalue weighted by atomic mass is 16.6. The summed E-state index contributed by atoms with van der Waals surface area (Å²) >= 11 is 0. The Morgan fingerprint density at radius 2 is 1.95 bits per heavy atom. The maximum atomic E-state index is 11.9. The van der Waals surface area contributed by atoms with Crippen LogP contribution in [0.5, 0.6) is 0 Å². The van der Waals surface area contributed by atoms with E-state index in [9.17, 15) is 14.9 Å². The molecule has 2 aromatic rings. The van der Waals surface area contributed by atoms with Crippen LogP contribution in [0.3, 0.4) is 0 Å². The lowest BCUT2D eigenvalue weighted by Gasteiger charge is -1.96. The highest BCUT2D eigenvalue weighted by Crippen LogP contribution is 2.14. The zero-order valence-electron chi connectivity index (χ0n) is 9.89. The molecule has 1 aromatic heterocycles. The molecule has 5 heteroatoms. The predicted octanol–water partition coefficient (Wildman–Crippen LogP) is 2.89. The number of hydrogen-bond donors (Lipinski definition) is 0. The van der Waals surface area contributed by atoms with Crippen LogP contribution in [0.25, 0.3) is 6.08 Å². The molecule has 0 aliphatic carbocycles. The van der Waals surface area contributed by atoms with E-state index < -0.39 is 4.92 Å². The fourth-order valence-corrected chi connectivity index (χ4v) is 1.52. The summed E-state index contributed by atoms with van der Waals surface area (Å²) in [6, 6.07) is 9.18. The lowest BCUT2D eigenvalue weighted by atomic mass is 10.1. The average molecular weight is 254 g/mol. The number of ketones is 1. The van der Waals surface area contributed by atoms with Gasteiger partial charge in [0.2, 0.25) is 0 Å². The van der Waals surface area contributed by atoms with E-state index in [2.05, 4.69) is 4.98 Å². The summed E-state index contributed by atoms with van der Waals surface area (Å²) < 4.78 is 0. The zero-order valence-corrected chi connectivity index (χ0v) is 9.89. The first-order valence-electron chi connectivity index (χ1n) is 5.54. The molecule has 0 fully saturated rings. The van der Waals surface area contributed by atoms with Crippen LogP contribution in [0.15, 0.2) is 54.9 Å². The molecule has 0 amide bonds. The third kappa shape index (κ3) is 3.32. The monoisotopic (exact) mass is 254 g/mol. The quantitative estimate of drug-likeness (QED) is 0.364. The number of allylic oxidation sites excluding steroid dienone is 1. The molecule has 1 aromatic carbocycles. The molecule has 0 aliphatic heterocycles. The van der Waals surface area contributed by atoms with Gasteiger partial charge in [-0.2, -0.15) is 0 Å². The molecular weight excluding hydrogens is 244 g/mol. The van der Waals surface area contributed by atoms with Crippen molar-refractivity contribution in [2.24, 2.45) is 0 Å². The van der Waals surface area contributed by atoms with Crippen molar-refractivity contribution < 1.29 is 9.72 Å². The number of benzene rings is 1. The first-order chi connectivity index (χ1) is 9.16. The van der Waals surface area contributed by atoms with Crippen LogP contribution in [-0.4, -0.2) is 15.7 Å². The van der Waals surface area contributed by atoms with Crippen LogP contribution in [0, 0.1) is 10.1 Å². The molecule has 0 unspecified atom stereocenters. The molecule has 0 bridgehead atoms. The highest BCUT2D eigenvalue weighted by Gasteiger charge is 2.09. The number of rotatable bonds is 4. The predicted molar refractivity (Wildman–Crippen MR) is 70.7 cm³/mol. The fraction of sp³-hybridized carbons (Fsp3) is 0. The van der Waals surface area contributed by atoms with Gasteiger partial charge in [-0.25, -0.2) is 0 Å². The van der Waals surface area contributed by atoms with Gasteiger partial charge in [-0.15, -0.1) is 0 Å². The van der Waals surface area contributed by atoms with Gasteiger partial charge in [0.1, 0.15) is 0 Å². The molecule has 0 saturated carbocycles. The molecule has 0 radical (unpaired) electrons. The van der Waals surface area contributed by atoms with Gasteiger partial charge in [-0.05, 0) is 23.8 Å². The van der Waals surface area contributed by atoms with Gasteiger partial charge in [-0.1, -0.05) is 18.2 Å². The summed E-state index contributed by atoms with van der Waals surface area (Å²) in [6.45, 7) is 0. The van der Waals surface area contributed by atoms with Crippen LogP contribution < -0.4 is 0 Å². The van der Waals surface area contributed by atoms with Crippen molar-refractivity contribution in [3.63, 3.8) is 0 Å². The number of non-ortho nitro benzene ring substituents is 1. The van der Waals surface area contributed by atoms with E-state index in [4.69, 9.17) is 0 Å². The second-order valence-corrected chi connectivity index (χ2v) is 3.79. The molecule has 2 rings (SSSR count). The first kappa shape index (κ1) is 12.6. The SMILES string of the molecule is O=C(C=Cc1ccncc1)c1cccc([N+](=O)[O-])c1. The van der Waals surface area contributed by atoms with E-state index in [1.165, 1.54) is 24.3 Å². The lowest BCUT2D eigenvalue weighted by molar-refractivity contribution is -0.384. The smallest absolute Gasteiger partial charge is 0.270 e. The molecule has 0 aliphatic rings. The number of hydrogen-bond acceptors (Lipinski definition) is 4. The Bertz CT molecular complexity index is 636. The Hall–Kier alpha value is -2.82. The van der Waals surface area contributed by atoms with Crippen molar-refractivity contribution in [2.45, 2.75) is 0 Å². The lowest BCUT2D eigenvalue weighted by Crippen LogP contribution is -1.96. The minimum Gasteiger partial charge on any atom is -0.289 e. The van der Waals surface area contributed by atoms with Crippen molar-refractivity contribution in [2.75, 3.05) is 0 Å². The Morgan fingerprint density at radius 1 is 1.21 bits per heavy atom. The molecule has 0 spiro atoms.